The number of allylic oxidation sites excluding steroid dienone is 2. The van der Waals surface area contributed by atoms with Crippen LogP contribution in [0.1, 0.15) is 0 Å². The lowest BCUT2D eigenvalue weighted by Gasteiger charge is -2.25. The normalized spacial score (nSPS) is 22.6. The van der Waals surface area contributed by atoms with E-state index in [1.54, 1.807) is 0 Å². The number of halogens is 6. The lowest BCUT2D eigenvalue weighted by molar-refractivity contribution is 0.596. The predicted molar refractivity (Wildman–Crippen MR) is 130 cm³/mol. The summed E-state index contributed by atoms with van der Waals surface area (Å²) < 4.78 is 57.9. The van der Waals surface area contributed by atoms with E-state index >= 15 is 0 Å². The van der Waals surface area contributed by atoms with Crippen molar-refractivity contribution in [3.8, 4) is 0 Å². The maximum absolute atomic E-state index is 12.6. The zero-order valence-corrected chi connectivity index (χ0v) is 21.6. The van der Waals surface area contributed by atoms with Gasteiger partial charge in [-0.15, -0.1) is 23.2 Å². The van der Waals surface area contributed by atoms with Crippen LogP contribution in [0.2, 0.25) is 10.0 Å². The highest BCUT2D eigenvalue weighted by atomic mass is 35.5. The molecule has 0 heterocycles. The van der Waals surface area contributed by atoms with Gasteiger partial charge in [0.25, 0.3) is 20.0 Å². The van der Waals surface area contributed by atoms with E-state index in [0.29, 0.717) is 10.0 Å². The van der Waals surface area contributed by atoms with Crippen molar-refractivity contribution in [3.05, 3.63) is 68.6 Å². The summed E-state index contributed by atoms with van der Waals surface area (Å²) in [5, 5.41) is -2.85. The minimum Gasteiger partial charge on any atom is -0.199 e. The highest BCUT2D eigenvalue weighted by molar-refractivity contribution is 7.90. The van der Waals surface area contributed by atoms with E-state index in [2.05, 4.69) is 8.80 Å². The summed E-state index contributed by atoms with van der Waals surface area (Å²) in [5.41, 5.74) is -0.702. The van der Waals surface area contributed by atoms with Crippen molar-refractivity contribution in [3.63, 3.8) is 0 Å². The van der Waals surface area contributed by atoms with Crippen molar-refractivity contribution >= 4 is 101 Å². The lowest BCUT2D eigenvalue weighted by Crippen LogP contribution is -2.38. The SMILES string of the molecule is O=S(=O)(N=C1C(Cl)=C(Cl)C(=NS(=O)(=O)c2ccc(Cl)cc2)[C@H](Cl)[C@@H]1Cl)c1ccc(Cl)cc1. The molecule has 170 valence electrons. The molecule has 32 heavy (non-hydrogen) atoms. The number of nitrogens with zero attached hydrogens (tertiary/aromatic N) is 2. The molecule has 0 fully saturated rings. The quantitative estimate of drug-likeness (QED) is 0.414. The van der Waals surface area contributed by atoms with E-state index in [9.17, 15) is 16.8 Å². The minimum absolute atomic E-state index is 0.172. The molecule has 0 saturated heterocycles. The highest BCUT2D eigenvalue weighted by Gasteiger charge is 2.39. The molecule has 0 aliphatic heterocycles. The van der Waals surface area contributed by atoms with E-state index in [1.165, 1.54) is 48.5 Å². The molecule has 1 aliphatic rings. The molecule has 6 nitrogen and oxygen atoms in total. The van der Waals surface area contributed by atoms with Crippen molar-refractivity contribution in [2.45, 2.75) is 20.5 Å². The molecule has 0 unspecified atom stereocenters. The van der Waals surface area contributed by atoms with Gasteiger partial charge in [0.15, 0.2) is 0 Å². The summed E-state index contributed by atoms with van der Waals surface area (Å²) in [6.45, 7) is 0. The Morgan fingerprint density at radius 3 is 1.12 bits per heavy atom. The minimum atomic E-state index is -4.25. The molecular weight excluding hydrogens is 585 g/mol. The Bertz CT molecular complexity index is 1250. The summed E-state index contributed by atoms with van der Waals surface area (Å²) in [5.74, 6) is 0. The summed E-state index contributed by atoms with van der Waals surface area (Å²) in [7, 11) is -8.50. The third kappa shape index (κ3) is 5.45. The first-order valence-electron chi connectivity index (χ1n) is 8.38. The molecule has 14 heteroatoms. The Morgan fingerprint density at radius 1 is 0.562 bits per heavy atom. The summed E-state index contributed by atoms with van der Waals surface area (Å²) in [4.78, 5) is -0.343. The van der Waals surface area contributed by atoms with Gasteiger partial charge >= 0.3 is 0 Å². The van der Waals surface area contributed by atoms with E-state index in [4.69, 9.17) is 69.6 Å². The van der Waals surface area contributed by atoms with Crippen LogP contribution >= 0.6 is 69.6 Å². The Balaban J connectivity index is 2.09. The Hall–Kier alpha value is -0.840. The van der Waals surface area contributed by atoms with Gasteiger partial charge in [0, 0.05) is 10.0 Å². The fraction of sp³-hybridized carbons (Fsp3) is 0.111. The highest BCUT2D eigenvalue weighted by Crippen LogP contribution is 2.35. The summed E-state index contributed by atoms with van der Waals surface area (Å²) in [6.07, 6.45) is 0. The smallest absolute Gasteiger partial charge is 0.199 e. The number of rotatable bonds is 4. The molecule has 0 amide bonds. The van der Waals surface area contributed by atoms with Gasteiger partial charge in [0.2, 0.25) is 0 Å². The van der Waals surface area contributed by atoms with Gasteiger partial charge in [0.05, 0.1) is 31.3 Å². The van der Waals surface area contributed by atoms with Crippen LogP contribution < -0.4 is 0 Å². The lowest BCUT2D eigenvalue weighted by atomic mass is 10.0. The first-order valence-corrected chi connectivity index (χ1v) is 13.6. The fourth-order valence-electron chi connectivity index (χ4n) is 2.50. The molecule has 0 radical (unpaired) electrons. The third-order valence-corrected chi connectivity index (χ3v) is 9.10. The maximum atomic E-state index is 12.6. The van der Waals surface area contributed by atoms with Crippen molar-refractivity contribution in [2.24, 2.45) is 8.80 Å². The van der Waals surface area contributed by atoms with Crippen molar-refractivity contribution in [1.82, 2.24) is 0 Å². The standard InChI is InChI=1S/C18H10Cl6N2O4S2/c19-9-1-5-11(6-2-9)31(27,28)25-17-13(21)15(23)18(16(24)14(17)22)26-32(29,30)12-7-3-10(20)4-8-12/h1-8,13,15H/t13-,15+. The molecule has 0 spiro atoms. The molecule has 3 rings (SSSR count). The van der Waals surface area contributed by atoms with E-state index in [0.717, 1.165) is 0 Å². The van der Waals surface area contributed by atoms with Crippen LogP contribution in [0, 0.1) is 0 Å². The first-order chi connectivity index (χ1) is 14.8. The molecule has 0 bridgehead atoms. The second-order valence-corrected chi connectivity index (χ2v) is 12.0. The Labute approximate surface area is 214 Å². The monoisotopic (exact) mass is 592 g/mol. The van der Waals surface area contributed by atoms with Gasteiger partial charge in [0.1, 0.15) is 10.8 Å². The largest absolute Gasteiger partial charge is 0.282 e. The van der Waals surface area contributed by atoms with E-state index in [-0.39, 0.29) is 21.2 Å². The molecule has 2 atom stereocenters. The molecule has 2 aromatic carbocycles. The average molecular weight is 595 g/mol. The van der Waals surface area contributed by atoms with Gasteiger partial charge in [-0.05, 0) is 48.5 Å². The molecule has 1 aliphatic carbocycles. The van der Waals surface area contributed by atoms with Crippen LogP contribution in [0.3, 0.4) is 0 Å². The van der Waals surface area contributed by atoms with E-state index < -0.39 is 40.9 Å². The van der Waals surface area contributed by atoms with Gasteiger partial charge < -0.3 is 0 Å². The zero-order valence-electron chi connectivity index (χ0n) is 15.4. The number of alkyl halides is 2. The van der Waals surface area contributed by atoms with Gasteiger partial charge in [-0.25, -0.2) is 0 Å². The van der Waals surface area contributed by atoms with Gasteiger partial charge in [-0.3, -0.25) is 0 Å². The van der Waals surface area contributed by atoms with Gasteiger partial charge in [-0.1, -0.05) is 46.4 Å². The van der Waals surface area contributed by atoms with Crippen molar-refractivity contribution < 1.29 is 16.8 Å². The number of hydrogen-bond donors (Lipinski definition) is 0. The van der Waals surface area contributed by atoms with Gasteiger partial charge in [-0.2, -0.15) is 25.6 Å². The number of sulfonamides is 2. The Kier molecular flexibility index (Phi) is 7.89. The topological polar surface area (TPSA) is 93.0 Å². The number of benzene rings is 2. The van der Waals surface area contributed by atoms with Crippen LogP contribution in [-0.2, 0) is 20.0 Å². The van der Waals surface area contributed by atoms with Crippen LogP contribution in [0.25, 0.3) is 0 Å². The third-order valence-electron chi connectivity index (χ3n) is 4.08. The van der Waals surface area contributed by atoms with Crippen LogP contribution in [0.5, 0.6) is 0 Å². The first kappa shape index (κ1) is 25.8. The molecule has 0 N–H and O–H groups in total. The average Bonchev–Trinajstić information content (AvgIpc) is 2.73. The fourth-order valence-corrected chi connectivity index (χ4v) is 6.25. The second kappa shape index (κ2) is 9.80. The van der Waals surface area contributed by atoms with Crippen molar-refractivity contribution in [2.75, 3.05) is 0 Å². The molecule has 0 saturated carbocycles. The predicted octanol–water partition coefficient (Wildman–Crippen LogP) is 5.87. The summed E-state index contributed by atoms with van der Waals surface area (Å²) >= 11 is 36.5. The molecule has 2 aromatic rings. The van der Waals surface area contributed by atoms with Crippen LogP contribution in [0.15, 0.2) is 77.2 Å². The molecule has 0 aromatic heterocycles. The summed E-state index contributed by atoms with van der Waals surface area (Å²) in [6, 6.07) is 10.5. The number of hydrogen-bond acceptors (Lipinski definition) is 4. The Morgan fingerprint density at radius 2 is 0.844 bits per heavy atom. The second-order valence-electron chi connectivity index (χ2n) is 6.24. The van der Waals surface area contributed by atoms with Crippen LogP contribution in [-0.4, -0.2) is 39.0 Å². The van der Waals surface area contributed by atoms with Crippen molar-refractivity contribution in [1.29, 1.82) is 0 Å². The van der Waals surface area contributed by atoms with E-state index in [1.807, 2.05) is 0 Å². The molecular formula is C18H10Cl6N2O4S2. The zero-order chi connectivity index (χ0) is 23.8. The van der Waals surface area contributed by atoms with Crippen LogP contribution in [0.4, 0.5) is 0 Å². The maximum Gasteiger partial charge on any atom is 0.282 e.